The van der Waals surface area contributed by atoms with Crippen LogP contribution < -0.4 is 5.32 Å². The van der Waals surface area contributed by atoms with Crippen molar-refractivity contribution in [3.63, 3.8) is 0 Å². The van der Waals surface area contributed by atoms with E-state index in [0.717, 1.165) is 22.7 Å². The number of alkyl halides is 3. The lowest BCUT2D eigenvalue weighted by Crippen LogP contribution is -2.52. The largest absolute Gasteiger partial charge is 0.408 e. The predicted molar refractivity (Wildman–Crippen MR) is 137 cm³/mol. The molecule has 2 aliphatic rings. The Morgan fingerprint density at radius 3 is 2.58 bits per heavy atom. The second-order valence-electron chi connectivity index (χ2n) is 10.0. The van der Waals surface area contributed by atoms with Gasteiger partial charge in [0.05, 0.1) is 11.5 Å². The van der Waals surface area contributed by atoms with Crippen molar-refractivity contribution in [2.45, 2.75) is 43.1 Å². The Labute approximate surface area is 227 Å². The second-order valence-corrected chi connectivity index (χ2v) is 10.0. The van der Waals surface area contributed by atoms with Crippen molar-refractivity contribution in [1.29, 1.82) is 5.26 Å². The lowest BCUT2D eigenvalue weighted by Gasteiger charge is -2.32. The Hall–Kier alpha value is -4.66. The van der Waals surface area contributed by atoms with Gasteiger partial charge >= 0.3 is 6.18 Å². The van der Waals surface area contributed by atoms with Crippen LogP contribution in [-0.2, 0) is 28.0 Å². The highest BCUT2D eigenvalue weighted by atomic mass is 19.4. The molecule has 3 heterocycles. The van der Waals surface area contributed by atoms with Gasteiger partial charge in [-0.2, -0.15) is 23.5 Å². The van der Waals surface area contributed by atoms with Crippen molar-refractivity contribution in [3.05, 3.63) is 83.7 Å². The maximum atomic E-state index is 14.1. The Bertz CT molecular complexity index is 1500. The first-order valence-electron chi connectivity index (χ1n) is 12.5. The Morgan fingerprint density at radius 1 is 1.18 bits per heavy atom. The number of fused-ring (bicyclic) bond motifs is 2. The molecule has 1 saturated heterocycles. The number of likely N-dealkylation sites (N-methyl/N-ethyl adjacent to an activating group) is 1. The molecular weight excluding hydrogens is 525 g/mol. The van der Waals surface area contributed by atoms with Crippen molar-refractivity contribution < 1.29 is 27.6 Å². The summed E-state index contributed by atoms with van der Waals surface area (Å²) in [4.78, 5) is 43.1. The van der Waals surface area contributed by atoms with Crippen molar-refractivity contribution in [1.82, 2.24) is 19.6 Å². The topological polar surface area (TPSA) is 111 Å². The summed E-state index contributed by atoms with van der Waals surface area (Å²) in [6.45, 7) is -1.42. The molecular formula is C28H25F3N6O3. The van der Waals surface area contributed by atoms with Gasteiger partial charge in [0, 0.05) is 38.3 Å². The van der Waals surface area contributed by atoms with Gasteiger partial charge in [-0.15, -0.1) is 0 Å². The van der Waals surface area contributed by atoms with E-state index in [4.69, 9.17) is 0 Å². The lowest BCUT2D eigenvalue weighted by molar-refractivity contribution is -0.142. The van der Waals surface area contributed by atoms with E-state index in [1.165, 1.54) is 11.9 Å². The van der Waals surface area contributed by atoms with Gasteiger partial charge in [-0.05, 0) is 23.3 Å². The van der Waals surface area contributed by atoms with E-state index in [1.54, 1.807) is 54.6 Å². The number of carbonyl (C=O) groups excluding carboxylic acids is 3. The molecule has 0 aliphatic carbocycles. The van der Waals surface area contributed by atoms with E-state index >= 15 is 0 Å². The van der Waals surface area contributed by atoms with Crippen molar-refractivity contribution in [2.75, 3.05) is 18.9 Å². The van der Waals surface area contributed by atoms with Crippen molar-refractivity contribution >= 4 is 23.4 Å². The number of carbonyl (C=O) groups is 3. The van der Waals surface area contributed by atoms with Crippen LogP contribution in [0.5, 0.6) is 0 Å². The number of halogens is 3. The maximum absolute atomic E-state index is 14.1. The predicted octanol–water partition coefficient (Wildman–Crippen LogP) is 3.14. The molecule has 40 heavy (non-hydrogen) atoms. The monoisotopic (exact) mass is 550 g/mol. The summed E-state index contributed by atoms with van der Waals surface area (Å²) in [7, 11) is 1.38. The number of hydrogen-bond acceptors (Lipinski definition) is 5. The number of benzene rings is 2. The van der Waals surface area contributed by atoms with Gasteiger partial charge in [0.2, 0.25) is 11.8 Å². The van der Waals surface area contributed by atoms with Crippen LogP contribution in [0.25, 0.3) is 0 Å². The fourth-order valence-electron chi connectivity index (χ4n) is 5.47. The molecule has 0 radical (unpaired) electrons. The number of anilines is 1. The highest BCUT2D eigenvalue weighted by Gasteiger charge is 2.56. The molecule has 5 rings (SSSR count). The van der Waals surface area contributed by atoms with Crippen LogP contribution in [-0.4, -0.2) is 69.2 Å². The molecule has 3 atom stereocenters. The number of likely N-dealkylation sites (tertiary alicyclic amines) is 1. The maximum Gasteiger partial charge on any atom is 0.408 e. The number of rotatable bonds is 6. The summed E-state index contributed by atoms with van der Waals surface area (Å²) >= 11 is 0. The molecule has 1 spiro atoms. The minimum atomic E-state index is -4.52. The van der Waals surface area contributed by atoms with Crippen LogP contribution >= 0.6 is 0 Å². The molecule has 2 aliphatic heterocycles. The average molecular weight is 551 g/mol. The van der Waals surface area contributed by atoms with Crippen LogP contribution in [0, 0.1) is 11.3 Å². The molecule has 1 fully saturated rings. The highest BCUT2D eigenvalue weighted by molar-refractivity contribution is 6.07. The van der Waals surface area contributed by atoms with Crippen molar-refractivity contribution in [3.8, 4) is 6.07 Å². The van der Waals surface area contributed by atoms with Gasteiger partial charge in [0.15, 0.2) is 0 Å². The fourth-order valence-corrected chi connectivity index (χ4v) is 5.47. The van der Waals surface area contributed by atoms with E-state index in [9.17, 15) is 32.8 Å². The van der Waals surface area contributed by atoms with Gasteiger partial charge < -0.3 is 15.1 Å². The Balaban J connectivity index is 1.46. The third kappa shape index (κ3) is 4.90. The Morgan fingerprint density at radius 2 is 1.88 bits per heavy atom. The van der Waals surface area contributed by atoms with Crippen LogP contribution in [0.4, 0.5) is 18.9 Å². The second kappa shape index (κ2) is 10.1. The molecule has 3 aromatic rings. The summed E-state index contributed by atoms with van der Waals surface area (Å²) in [6.07, 6.45) is -3.30. The number of para-hydroxylation sites is 1. The number of nitrogens with one attached hydrogen (secondary N) is 1. The number of nitrogens with zero attached hydrogens (tertiary/aromatic N) is 5. The van der Waals surface area contributed by atoms with Gasteiger partial charge in [-0.3, -0.25) is 19.1 Å². The summed E-state index contributed by atoms with van der Waals surface area (Å²) in [6, 6.07) is 17.3. The summed E-state index contributed by atoms with van der Waals surface area (Å²) < 4.78 is 39.1. The molecule has 1 aromatic heterocycles. The van der Waals surface area contributed by atoms with Gasteiger partial charge in [-0.1, -0.05) is 48.5 Å². The van der Waals surface area contributed by atoms with Crippen molar-refractivity contribution in [2.24, 2.45) is 0 Å². The highest BCUT2D eigenvalue weighted by Crippen LogP contribution is 2.46. The minimum absolute atomic E-state index is 0.0551. The first kappa shape index (κ1) is 26.9. The zero-order valence-corrected chi connectivity index (χ0v) is 21.4. The lowest BCUT2D eigenvalue weighted by atomic mass is 9.80. The zero-order valence-electron chi connectivity index (χ0n) is 21.4. The number of aromatic nitrogens is 2. The molecule has 2 aromatic carbocycles. The van der Waals surface area contributed by atoms with Crippen LogP contribution in [0.3, 0.4) is 0 Å². The number of hydrogen-bond donors (Lipinski definition) is 1. The first-order chi connectivity index (χ1) is 19.0. The summed E-state index contributed by atoms with van der Waals surface area (Å²) in [5, 5.41) is 16.6. The molecule has 206 valence electrons. The summed E-state index contributed by atoms with van der Waals surface area (Å²) in [5.74, 6) is -1.60. The number of amides is 3. The SMILES string of the molecule is CN(C(=O)c1ccn(CC(F)(F)F)n1)[C@@H](Cc1ccccc1)C(=O)N1C[C@]2(C[C@H]1C#N)C(=O)Nc1ccccc12. The van der Waals surface area contributed by atoms with E-state index in [-0.39, 0.29) is 31.0 Å². The van der Waals surface area contributed by atoms with E-state index in [0.29, 0.717) is 15.9 Å². The molecule has 3 amide bonds. The third-order valence-electron chi connectivity index (χ3n) is 7.46. The molecule has 0 bridgehead atoms. The van der Waals surface area contributed by atoms with Crippen LogP contribution in [0.2, 0.25) is 0 Å². The fraction of sp³-hybridized carbons (Fsp3) is 0.321. The molecule has 9 nitrogen and oxygen atoms in total. The van der Waals surface area contributed by atoms with E-state index in [1.807, 2.05) is 0 Å². The smallest absolute Gasteiger partial charge is 0.328 e. The quantitative estimate of drug-likeness (QED) is 0.507. The number of nitriles is 1. The van der Waals surface area contributed by atoms with Gasteiger partial charge in [0.1, 0.15) is 24.3 Å². The normalized spacial score (nSPS) is 20.6. The average Bonchev–Trinajstić information content (AvgIpc) is 3.62. The third-order valence-corrected chi connectivity index (χ3v) is 7.46. The van der Waals surface area contributed by atoms with Gasteiger partial charge in [-0.25, -0.2) is 0 Å². The minimum Gasteiger partial charge on any atom is -0.328 e. The molecule has 1 N–H and O–H groups in total. The molecule has 12 heteroatoms. The van der Waals surface area contributed by atoms with Crippen LogP contribution in [0.1, 0.15) is 28.0 Å². The standard InChI is InChI=1S/C28H25F3N6O3/c1-35(24(38)22-11-12-36(34-22)17-28(29,30)31)23(13-18-7-3-2-4-8-18)25(39)37-16-27(14-19(37)15-32)20-9-5-6-10-21(20)33-26(27)40/h2-12,19,23H,13-14,16-17H2,1H3,(H,33,40)/t19-,23-,27-/m0/s1. The van der Waals surface area contributed by atoms with E-state index in [2.05, 4.69) is 16.5 Å². The first-order valence-corrected chi connectivity index (χ1v) is 12.5. The van der Waals surface area contributed by atoms with Gasteiger partial charge in [0.25, 0.3) is 5.91 Å². The zero-order chi connectivity index (χ0) is 28.7. The summed E-state index contributed by atoms with van der Waals surface area (Å²) in [5.41, 5.74) is 0.699. The Kier molecular flexibility index (Phi) is 6.83. The molecule has 0 saturated carbocycles. The molecule has 0 unspecified atom stereocenters. The van der Waals surface area contributed by atoms with Crippen LogP contribution in [0.15, 0.2) is 66.9 Å². The van der Waals surface area contributed by atoms with E-state index < -0.39 is 42.0 Å².